The van der Waals surface area contributed by atoms with Crippen molar-refractivity contribution in [3.05, 3.63) is 41.2 Å². The Labute approximate surface area is 152 Å². The van der Waals surface area contributed by atoms with E-state index in [2.05, 4.69) is 32.1 Å². The highest BCUT2D eigenvalue weighted by molar-refractivity contribution is 5.41. The van der Waals surface area contributed by atoms with Crippen molar-refractivity contribution >= 4 is 0 Å². The van der Waals surface area contributed by atoms with Crippen molar-refractivity contribution in [3.63, 3.8) is 0 Å². The van der Waals surface area contributed by atoms with Gasteiger partial charge in [0.1, 0.15) is 6.10 Å². The van der Waals surface area contributed by atoms with E-state index in [-0.39, 0.29) is 11.9 Å². The van der Waals surface area contributed by atoms with E-state index in [9.17, 15) is 4.39 Å². The Morgan fingerprint density at radius 3 is 2.56 bits per heavy atom. The quantitative estimate of drug-likeness (QED) is 0.526. The molecule has 0 saturated heterocycles. The van der Waals surface area contributed by atoms with E-state index in [4.69, 9.17) is 4.74 Å². The average molecular weight is 345 g/mol. The van der Waals surface area contributed by atoms with Crippen molar-refractivity contribution in [3.8, 4) is 5.75 Å². The number of benzene rings is 1. The SMILES string of the molecule is CCCc1cc(F)c2c(c1)CCC(/C=C/C1CCC(CCC)CC1)O2. The molecule has 1 aliphatic carbocycles. The van der Waals surface area contributed by atoms with E-state index in [0.717, 1.165) is 42.7 Å². The first-order valence-electron chi connectivity index (χ1n) is 10.4. The Balaban J connectivity index is 1.56. The third-order valence-corrected chi connectivity index (χ3v) is 5.87. The van der Waals surface area contributed by atoms with E-state index in [1.165, 1.54) is 38.5 Å². The van der Waals surface area contributed by atoms with E-state index in [1.807, 2.05) is 0 Å². The molecule has 2 heteroatoms. The summed E-state index contributed by atoms with van der Waals surface area (Å²) in [5.74, 6) is 1.94. The van der Waals surface area contributed by atoms with Crippen LogP contribution in [0.3, 0.4) is 0 Å². The number of aryl methyl sites for hydroxylation is 2. The van der Waals surface area contributed by atoms with Crippen LogP contribution < -0.4 is 4.74 Å². The van der Waals surface area contributed by atoms with Crippen LogP contribution in [0.15, 0.2) is 24.3 Å². The predicted octanol–water partition coefficient (Wildman–Crippen LogP) is 6.63. The fraction of sp³-hybridized carbons (Fsp3) is 0.652. The fourth-order valence-corrected chi connectivity index (χ4v) is 4.47. The van der Waals surface area contributed by atoms with Crippen molar-refractivity contribution in [1.29, 1.82) is 0 Å². The van der Waals surface area contributed by atoms with Gasteiger partial charge in [0.15, 0.2) is 11.6 Å². The molecule has 2 aliphatic rings. The van der Waals surface area contributed by atoms with E-state index >= 15 is 0 Å². The Bertz CT molecular complexity index is 584. The summed E-state index contributed by atoms with van der Waals surface area (Å²) in [5, 5.41) is 0. The molecule has 1 saturated carbocycles. The van der Waals surface area contributed by atoms with Gasteiger partial charge in [-0.1, -0.05) is 45.3 Å². The standard InChI is InChI=1S/C23H33FO/c1-3-5-17-7-9-18(10-8-17)11-13-21-14-12-20-15-19(6-4-2)16-22(24)23(20)25-21/h11,13,15-18,21H,3-10,12,14H2,1-2H3/b13-11+. The summed E-state index contributed by atoms with van der Waals surface area (Å²) >= 11 is 0. The Kier molecular flexibility index (Phi) is 6.56. The predicted molar refractivity (Wildman–Crippen MR) is 103 cm³/mol. The van der Waals surface area contributed by atoms with E-state index in [0.29, 0.717) is 11.7 Å². The summed E-state index contributed by atoms with van der Waals surface area (Å²) in [7, 11) is 0. The van der Waals surface area contributed by atoms with Crippen molar-refractivity contribution in [2.24, 2.45) is 11.8 Å². The molecule has 1 aliphatic heterocycles. The highest BCUT2D eigenvalue weighted by Gasteiger charge is 2.23. The second-order valence-corrected chi connectivity index (χ2v) is 7.97. The number of hydrogen-bond acceptors (Lipinski definition) is 1. The van der Waals surface area contributed by atoms with Gasteiger partial charge < -0.3 is 4.74 Å². The van der Waals surface area contributed by atoms with Crippen molar-refractivity contribution in [2.45, 2.75) is 84.2 Å². The van der Waals surface area contributed by atoms with Crippen LogP contribution in [0, 0.1) is 17.7 Å². The molecule has 3 rings (SSSR count). The molecule has 0 amide bonds. The second-order valence-electron chi connectivity index (χ2n) is 7.97. The Morgan fingerprint density at radius 2 is 1.84 bits per heavy atom. The van der Waals surface area contributed by atoms with Gasteiger partial charge in [-0.05, 0) is 80.1 Å². The van der Waals surface area contributed by atoms with Gasteiger partial charge in [-0.2, -0.15) is 0 Å². The lowest BCUT2D eigenvalue weighted by Gasteiger charge is -2.28. The molecule has 25 heavy (non-hydrogen) atoms. The minimum Gasteiger partial charge on any atom is -0.483 e. The molecule has 0 bridgehead atoms. The van der Waals surface area contributed by atoms with Crippen molar-refractivity contribution in [1.82, 2.24) is 0 Å². The molecule has 1 atom stereocenters. The zero-order chi connectivity index (χ0) is 17.6. The number of allylic oxidation sites excluding steroid dienone is 1. The van der Waals surface area contributed by atoms with Gasteiger partial charge in [0.05, 0.1) is 0 Å². The van der Waals surface area contributed by atoms with Gasteiger partial charge in [-0.15, -0.1) is 0 Å². The lowest BCUT2D eigenvalue weighted by Crippen LogP contribution is -2.22. The van der Waals surface area contributed by atoms with Crippen LogP contribution in [-0.4, -0.2) is 6.10 Å². The van der Waals surface area contributed by atoms with Gasteiger partial charge in [0.25, 0.3) is 0 Å². The smallest absolute Gasteiger partial charge is 0.165 e. The van der Waals surface area contributed by atoms with Gasteiger partial charge in [0, 0.05) is 0 Å². The average Bonchev–Trinajstić information content (AvgIpc) is 2.62. The van der Waals surface area contributed by atoms with Gasteiger partial charge in [-0.25, -0.2) is 4.39 Å². The topological polar surface area (TPSA) is 9.23 Å². The van der Waals surface area contributed by atoms with Crippen LogP contribution in [0.2, 0.25) is 0 Å². The third kappa shape index (κ3) is 4.86. The van der Waals surface area contributed by atoms with Gasteiger partial charge >= 0.3 is 0 Å². The van der Waals surface area contributed by atoms with Crippen molar-refractivity contribution < 1.29 is 9.13 Å². The lowest BCUT2D eigenvalue weighted by molar-refractivity contribution is 0.206. The number of rotatable bonds is 6. The molecule has 0 radical (unpaired) electrons. The fourth-order valence-electron chi connectivity index (χ4n) is 4.47. The third-order valence-electron chi connectivity index (χ3n) is 5.87. The first-order valence-corrected chi connectivity index (χ1v) is 10.4. The normalized spacial score (nSPS) is 26.4. The molecule has 0 N–H and O–H groups in total. The molecule has 1 heterocycles. The number of fused-ring (bicyclic) bond motifs is 1. The van der Waals surface area contributed by atoms with Crippen LogP contribution >= 0.6 is 0 Å². The minimum atomic E-state index is -0.181. The summed E-state index contributed by atoms with van der Waals surface area (Å²) < 4.78 is 20.4. The first-order chi connectivity index (χ1) is 12.2. The monoisotopic (exact) mass is 344 g/mol. The minimum absolute atomic E-state index is 0.0346. The highest BCUT2D eigenvalue weighted by Crippen LogP contribution is 2.34. The molecule has 1 unspecified atom stereocenters. The molecule has 1 nitrogen and oxygen atoms in total. The molecular formula is C23H33FO. The molecular weight excluding hydrogens is 311 g/mol. The van der Waals surface area contributed by atoms with Gasteiger partial charge in [-0.3, -0.25) is 0 Å². The molecule has 138 valence electrons. The Hall–Kier alpha value is -1.31. The van der Waals surface area contributed by atoms with E-state index in [1.54, 1.807) is 6.07 Å². The molecule has 1 aromatic rings. The summed E-state index contributed by atoms with van der Waals surface area (Å²) in [5.41, 5.74) is 2.15. The second kappa shape index (κ2) is 8.87. The summed E-state index contributed by atoms with van der Waals surface area (Å²) in [4.78, 5) is 0. The summed E-state index contributed by atoms with van der Waals surface area (Å²) in [6.07, 6.45) is 16.5. The number of ether oxygens (including phenoxy) is 1. The maximum absolute atomic E-state index is 14.4. The summed E-state index contributed by atoms with van der Waals surface area (Å²) in [6.45, 7) is 4.42. The van der Waals surface area contributed by atoms with Crippen LogP contribution in [0.25, 0.3) is 0 Å². The van der Waals surface area contributed by atoms with Gasteiger partial charge in [0.2, 0.25) is 0 Å². The maximum atomic E-state index is 14.4. The zero-order valence-corrected chi connectivity index (χ0v) is 15.9. The van der Waals surface area contributed by atoms with Crippen LogP contribution in [0.5, 0.6) is 5.75 Å². The first kappa shape index (κ1) is 18.5. The maximum Gasteiger partial charge on any atom is 0.165 e. The molecule has 0 spiro atoms. The lowest BCUT2D eigenvalue weighted by atomic mass is 9.80. The van der Waals surface area contributed by atoms with Crippen LogP contribution in [-0.2, 0) is 12.8 Å². The molecule has 1 fully saturated rings. The van der Waals surface area contributed by atoms with Crippen LogP contribution in [0.1, 0.15) is 76.3 Å². The van der Waals surface area contributed by atoms with E-state index < -0.39 is 0 Å². The molecule has 0 aromatic heterocycles. The zero-order valence-electron chi connectivity index (χ0n) is 15.9. The summed E-state index contributed by atoms with van der Waals surface area (Å²) in [6, 6.07) is 3.79. The number of hydrogen-bond donors (Lipinski definition) is 0. The largest absolute Gasteiger partial charge is 0.483 e. The van der Waals surface area contributed by atoms with Crippen LogP contribution in [0.4, 0.5) is 4.39 Å². The molecule has 1 aromatic carbocycles. The van der Waals surface area contributed by atoms with Crippen molar-refractivity contribution in [2.75, 3.05) is 0 Å². The highest BCUT2D eigenvalue weighted by atomic mass is 19.1. The number of halogens is 1. The Morgan fingerprint density at radius 1 is 1.04 bits per heavy atom.